The molecule has 4 nitrogen and oxygen atoms in total. The van der Waals surface area contributed by atoms with Crippen LogP contribution in [0.15, 0.2) is 0 Å². The van der Waals surface area contributed by atoms with E-state index in [0.717, 1.165) is 0 Å². The second-order valence-corrected chi connectivity index (χ2v) is 17.4. The van der Waals surface area contributed by atoms with Crippen molar-refractivity contribution in [1.29, 1.82) is 5.26 Å². The minimum atomic E-state index is -3.16. The Bertz CT molecular complexity index is 340. The zero-order valence-corrected chi connectivity index (χ0v) is 15.2. The predicted octanol–water partition coefficient (Wildman–Crippen LogP) is 3.03. The van der Waals surface area contributed by atoms with Gasteiger partial charge in [0.1, 0.15) is 0 Å². The summed E-state index contributed by atoms with van der Waals surface area (Å²) < 4.78 is 22.6. The van der Waals surface area contributed by atoms with Crippen LogP contribution >= 0.6 is 7.60 Å². The van der Waals surface area contributed by atoms with E-state index in [1.165, 1.54) is 14.2 Å². The number of rotatable bonds is 5. The number of hydrogen-bond acceptors (Lipinski definition) is 4. The van der Waals surface area contributed by atoms with Gasteiger partial charge >= 0.3 is 112 Å². The van der Waals surface area contributed by atoms with Gasteiger partial charge in [-0.25, -0.2) is 0 Å². The summed E-state index contributed by atoms with van der Waals surface area (Å²) in [5.41, 5.74) is 0. The summed E-state index contributed by atoms with van der Waals surface area (Å²) in [6, 6.07) is 0. The third-order valence-electron chi connectivity index (χ3n) is 3.51. The average molecular weight is 342 g/mol. The third-order valence-corrected chi connectivity index (χ3v) is 20.3. The molecule has 0 aromatic carbocycles. The molecule has 0 heterocycles. The first kappa shape index (κ1) is 17.4. The van der Waals surface area contributed by atoms with E-state index < -0.39 is 15.7 Å². The van der Waals surface area contributed by atoms with E-state index in [4.69, 9.17) is 14.3 Å². The van der Waals surface area contributed by atoms with Crippen molar-refractivity contribution in [1.82, 2.24) is 0 Å². The Balaban J connectivity index is 5.55. The summed E-state index contributed by atoms with van der Waals surface area (Å²) in [5, 5.41) is 9.03. The SMILES string of the molecule is COP(=O)(OC)C([Se]C#N)[Si](C)(C)C(C)(C)C. The Morgan fingerprint density at radius 2 is 1.71 bits per heavy atom. The van der Waals surface area contributed by atoms with E-state index in [2.05, 4.69) is 38.8 Å². The Kier molecular flexibility index (Phi) is 6.15. The molecule has 7 heteroatoms. The molecular weight excluding hydrogens is 320 g/mol. The first-order valence-corrected chi connectivity index (χ1v) is 11.9. The van der Waals surface area contributed by atoms with Crippen molar-refractivity contribution < 1.29 is 13.6 Å². The van der Waals surface area contributed by atoms with Crippen LogP contribution < -0.4 is 0 Å². The Hall–Kier alpha value is 0.376. The van der Waals surface area contributed by atoms with Gasteiger partial charge in [-0.05, 0) is 0 Å². The van der Waals surface area contributed by atoms with Crippen molar-refractivity contribution in [3.8, 4) is 4.97 Å². The van der Waals surface area contributed by atoms with Crippen molar-refractivity contribution >= 4 is 30.6 Å². The van der Waals surface area contributed by atoms with Crippen LogP contribution in [0.5, 0.6) is 0 Å². The first-order chi connectivity index (χ1) is 7.56. The minimum absolute atomic E-state index is 0.0446. The molecule has 0 aliphatic rings. The Morgan fingerprint density at radius 3 is 1.94 bits per heavy atom. The fourth-order valence-corrected chi connectivity index (χ4v) is 14.7. The molecule has 0 bridgehead atoms. The summed E-state index contributed by atoms with van der Waals surface area (Å²) in [6.45, 7) is 10.7. The van der Waals surface area contributed by atoms with E-state index in [9.17, 15) is 4.57 Å². The van der Waals surface area contributed by atoms with Crippen molar-refractivity contribution in [3.05, 3.63) is 0 Å². The summed E-state index contributed by atoms with van der Waals surface area (Å²) in [6.07, 6.45) is 0. The zero-order chi connectivity index (χ0) is 13.9. The van der Waals surface area contributed by atoms with E-state index in [0.29, 0.717) is 0 Å². The summed E-state index contributed by atoms with van der Waals surface area (Å²) >= 11 is -0.384. The van der Waals surface area contributed by atoms with E-state index in [1.807, 2.05) is 0 Å². The molecule has 1 atom stereocenters. The van der Waals surface area contributed by atoms with Crippen LogP contribution in [0.3, 0.4) is 0 Å². The summed E-state index contributed by atoms with van der Waals surface area (Å²) in [4.78, 5) is 2.19. The van der Waals surface area contributed by atoms with Gasteiger partial charge < -0.3 is 0 Å². The zero-order valence-electron chi connectivity index (χ0n) is 11.6. The van der Waals surface area contributed by atoms with Crippen LogP contribution in [0.2, 0.25) is 18.1 Å². The van der Waals surface area contributed by atoms with E-state index in [1.54, 1.807) is 0 Å². The molecule has 0 aliphatic heterocycles. The standard InChI is InChI=1S/C10H22NO3PSeSi/c1-10(2,3)17(6,7)9(16-8-11)15(12,13-4)14-5/h9H,1-7H3. The summed E-state index contributed by atoms with van der Waals surface area (Å²) in [5.74, 6) is 0. The maximum atomic E-state index is 12.6. The van der Waals surface area contributed by atoms with Gasteiger partial charge in [0.05, 0.1) is 0 Å². The molecule has 0 spiro atoms. The molecule has 0 N–H and O–H groups in total. The van der Waals surface area contributed by atoms with Gasteiger partial charge in [0, 0.05) is 0 Å². The molecule has 0 aliphatic carbocycles. The maximum absolute atomic E-state index is 12.6. The van der Waals surface area contributed by atoms with Gasteiger partial charge in [-0.1, -0.05) is 0 Å². The van der Waals surface area contributed by atoms with Crippen molar-refractivity contribution in [3.63, 3.8) is 0 Å². The molecule has 0 amide bonds. The molecule has 0 radical (unpaired) electrons. The third kappa shape index (κ3) is 3.67. The number of nitriles is 1. The van der Waals surface area contributed by atoms with Gasteiger partial charge in [0.2, 0.25) is 0 Å². The van der Waals surface area contributed by atoms with Crippen LogP contribution in [0.25, 0.3) is 0 Å². The summed E-state index contributed by atoms with van der Waals surface area (Å²) in [7, 11) is -2.30. The van der Waals surface area contributed by atoms with Gasteiger partial charge in [-0.3, -0.25) is 0 Å². The van der Waals surface area contributed by atoms with E-state index in [-0.39, 0.29) is 24.2 Å². The molecule has 0 rings (SSSR count). The number of hydrogen-bond donors (Lipinski definition) is 0. The molecular formula is C10H22NO3PSeSi. The molecule has 0 fully saturated rings. The average Bonchev–Trinajstić information content (AvgIpc) is 2.23. The van der Waals surface area contributed by atoms with Gasteiger partial charge in [-0.15, -0.1) is 0 Å². The molecule has 1 unspecified atom stereocenters. The van der Waals surface area contributed by atoms with Gasteiger partial charge in [0.15, 0.2) is 0 Å². The fourth-order valence-electron chi connectivity index (χ4n) is 1.29. The molecule has 0 aromatic heterocycles. The van der Waals surface area contributed by atoms with Crippen LogP contribution in [-0.4, -0.2) is 41.4 Å². The quantitative estimate of drug-likeness (QED) is 0.569. The van der Waals surface area contributed by atoms with Crippen LogP contribution in [0.1, 0.15) is 20.8 Å². The van der Waals surface area contributed by atoms with Crippen molar-refractivity contribution in [2.45, 2.75) is 43.1 Å². The second kappa shape index (κ2) is 6.01. The van der Waals surface area contributed by atoms with Crippen molar-refractivity contribution in [2.75, 3.05) is 14.2 Å². The van der Waals surface area contributed by atoms with Gasteiger partial charge in [0.25, 0.3) is 0 Å². The second-order valence-electron chi connectivity index (χ2n) is 5.44. The van der Waals surface area contributed by atoms with Crippen LogP contribution in [0.4, 0.5) is 0 Å². The number of nitrogens with zero attached hydrogens (tertiary/aromatic N) is 1. The molecule has 0 saturated carbocycles. The Morgan fingerprint density at radius 1 is 1.29 bits per heavy atom. The Labute approximate surface area is 112 Å². The topological polar surface area (TPSA) is 59.3 Å². The predicted molar refractivity (Wildman–Crippen MR) is 74.0 cm³/mol. The monoisotopic (exact) mass is 343 g/mol. The van der Waals surface area contributed by atoms with E-state index >= 15 is 0 Å². The van der Waals surface area contributed by atoms with Crippen LogP contribution in [0, 0.1) is 10.2 Å². The fraction of sp³-hybridized carbons (Fsp3) is 0.900. The normalized spacial score (nSPS) is 15.4. The van der Waals surface area contributed by atoms with Crippen LogP contribution in [-0.2, 0) is 13.6 Å². The molecule has 17 heavy (non-hydrogen) atoms. The molecule has 0 saturated heterocycles. The molecule has 100 valence electrons. The first-order valence-electron chi connectivity index (χ1n) is 5.32. The van der Waals surface area contributed by atoms with Gasteiger partial charge in [-0.2, -0.15) is 0 Å². The van der Waals surface area contributed by atoms with Crippen molar-refractivity contribution in [2.24, 2.45) is 0 Å². The molecule has 0 aromatic rings.